The maximum Gasteiger partial charge on any atom is 0.187 e. The van der Waals surface area contributed by atoms with Crippen LogP contribution in [0.4, 0.5) is 0 Å². The van der Waals surface area contributed by atoms with Crippen LogP contribution in [0.5, 0.6) is 0 Å². The number of nitrogens with one attached hydrogen (secondary N) is 1. The van der Waals surface area contributed by atoms with Gasteiger partial charge in [-0.3, -0.25) is 0 Å². The van der Waals surface area contributed by atoms with Gasteiger partial charge in [0, 0.05) is 30.2 Å². The molecule has 4 nitrogen and oxygen atoms in total. The molecule has 1 saturated carbocycles. The van der Waals surface area contributed by atoms with Gasteiger partial charge in [-0.1, -0.05) is 11.8 Å². The summed E-state index contributed by atoms with van der Waals surface area (Å²) in [5.74, 6) is 0.816. The minimum absolute atomic E-state index is 0.155. The van der Waals surface area contributed by atoms with Gasteiger partial charge in [-0.15, -0.1) is 0 Å². The van der Waals surface area contributed by atoms with Crippen molar-refractivity contribution in [2.24, 2.45) is 0 Å². The first-order chi connectivity index (χ1) is 7.78. The van der Waals surface area contributed by atoms with Gasteiger partial charge < -0.3 is 10.4 Å². The van der Waals surface area contributed by atoms with E-state index in [1.54, 1.807) is 11.8 Å². The smallest absolute Gasteiger partial charge is 0.187 e. The van der Waals surface area contributed by atoms with E-state index < -0.39 is 0 Å². The van der Waals surface area contributed by atoms with E-state index in [4.69, 9.17) is 0 Å². The molecule has 1 fully saturated rings. The van der Waals surface area contributed by atoms with E-state index in [0.717, 1.165) is 16.5 Å². The molecule has 1 aliphatic carbocycles. The Balaban J connectivity index is 1.77. The van der Waals surface area contributed by atoms with Crippen molar-refractivity contribution in [3.63, 3.8) is 0 Å². The van der Waals surface area contributed by atoms with Gasteiger partial charge in [0.2, 0.25) is 0 Å². The Kier molecular flexibility index (Phi) is 4.15. The molecule has 1 unspecified atom stereocenters. The predicted molar refractivity (Wildman–Crippen MR) is 64.5 cm³/mol. The molecular formula is C11H17N3OS. The van der Waals surface area contributed by atoms with E-state index >= 15 is 0 Å². The molecule has 1 aromatic heterocycles. The minimum atomic E-state index is 0.155. The lowest BCUT2D eigenvalue weighted by atomic mass is 10.3. The fraction of sp³-hybridized carbons (Fsp3) is 0.636. The van der Waals surface area contributed by atoms with Crippen LogP contribution in [0.25, 0.3) is 0 Å². The Morgan fingerprint density at radius 1 is 1.50 bits per heavy atom. The fourth-order valence-corrected chi connectivity index (χ4v) is 2.17. The molecule has 1 aromatic rings. The molecule has 0 aromatic carbocycles. The number of aliphatic hydroxyl groups excluding tert-OH is 1. The summed E-state index contributed by atoms with van der Waals surface area (Å²) >= 11 is 1.59. The highest BCUT2D eigenvalue weighted by molar-refractivity contribution is 7.99. The second kappa shape index (κ2) is 5.61. The van der Waals surface area contributed by atoms with Crippen molar-refractivity contribution in [1.82, 2.24) is 15.3 Å². The van der Waals surface area contributed by atoms with Gasteiger partial charge in [0.15, 0.2) is 5.16 Å². The molecule has 0 spiro atoms. The van der Waals surface area contributed by atoms with Crippen LogP contribution >= 0.6 is 11.8 Å². The molecule has 1 aliphatic rings. The van der Waals surface area contributed by atoms with Gasteiger partial charge in [0.25, 0.3) is 0 Å². The molecule has 1 atom stereocenters. The van der Waals surface area contributed by atoms with Crippen LogP contribution in [-0.2, 0) is 0 Å². The molecule has 0 amide bonds. The van der Waals surface area contributed by atoms with E-state index in [-0.39, 0.29) is 12.6 Å². The lowest BCUT2D eigenvalue weighted by molar-refractivity contribution is 0.253. The van der Waals surface area contributed by atoms with Gasteiger partial charge in [-0.2, -0.15) is 0 Å². The second-order valence-corrected chi connectivity index (χ2v) is 5.16. The molecule has 5 heteroatoms. The van der Waals surface area contributed by atoms with Crippen molar-refractivity contribution in [3.05, 3.63) is 18.0 Å². The highest BCUT2D eigenvalue weighted by atomic mass is 32.2. The number of nitrogens with zero attached hydrogens (tertiary/aromatic N) is 2. The van der Waals surface area contributed by atoms with Gasteiger partial charge in [0.1, 0.15) is 0 Å². The number of aryl methyl sites for hydroxylation is 1. The Hall–Kier alpha value is -0.650. The summed E-state index contributed by atoms with van der Waals surface area (Å²) in [6.07, 6.45) is 6.11. The molecule has 2 rings (SSSR count). The Morgan fingerprint density at radius 2 is 2.19 bits per heavy atom. The summed E-state index contributed by atoms with van der Waals surface area (Å²) in [4.78, 5) is 8.44. The standard InChI is InChI=1S/C11H17N3OS/c1-8-4-12-11(13-5-8)16-7-10(6-15)14-9-2-3-9/h4-5,9-10,14-15H,2-3,6-7H2,1H3. The van der Waals surface area contributed by atoms with Crippen molar-refractivity contribution in [2.45, 2.75) is 37.0 Å². The van der Waals surface area contributed by atoms with Crippen molar-refractivity contribution in [1.29, 1.82) is 0 Å². The summed E-state index contributed by atoms with van der Waals surface area (Å²) in [6, 6.07) is 0.777. The zero-order chi connectivity index (χ0) is 11.4. The largest absolute Gasteiger partial charge is 0.395 e. The highest BCUT2D eigenvalue weighted by Gasteiger charge is 2.24. The fourth-order valence-electron chi connectivity index (χ4n) is 1.37. The van der Waals surface area contributed by atoms with E-state index in [0.29, 0.717) is 6.04 Å². The zero-order valence-electron chi connectivity index (χ0n) is 9.39. The molecule has 16 heavy (non-hydrogen) atoms. The SMILES string of the molecule is Cc1cnc(SCC(CO)NC2CC2)nc1. The topological polar surface area (TPSA) is 58.0 Å². The summed E-state index contributed by atoms with van der Waals surface area (Å²) in [5.41, 5.74) is 1.07. The maximum atomic E-state index is 9.21. The van der Waals surface area contributed by atoms with Crippen molar-refractivity contribution >= 4 is 11.8 Å². The monoisotopic (exact) mass is 239 g/mol. The van der Waals surface area contributed by atoms with Crippen LogP contribution in [0.3, 0.4) is 0 Å². The summed E-state index contributed by atoms with van der Waals surface area (Å²) in [5, 5.41) is 13.4. The van der Waals surface area contributed by atoms with E-state index in [2.05, 4.69) is 15.3 Å². The predicted octanol–water partition coefficient (Wildman–Crippen LogP) is 0.990. The number of hydrogen-bond acceptors (Lipinski definition) is 5. The minimum Gasteiger partial charge on any atom is -0.395 e. The molecule has 2 N–H and O–H groups in total. The van der Waals surface area contributed by atoms with E-state index in [1.807, 2.05) is 19.3 Å². The molecule has 1 heterocycles. The van der Waals surface area contributed by atoms with Crippen molar-refractivity contribution in [3.8, 4) is 0 Å². The summed E-state index contributed by atoms with van der Waals surface area (Å²) < 4.78 is 0. The molecule has 88 valence electrons. The third-order valence-electron chi connectivity index (χ3n) is 2.44. The first kappa shape index (κ1) is 11.8. The maximum absolute atomic E-state index is 9.21. The summed E-state index contributed by atoms with van der Waals surface area (Å²) in [6.45, 7) is 2.15. The number of hydrogen-bond donors (Lipinski definition) is 2. The number of thioether (sulfide) groups is 1. The third-order valence-corrected chi connectivity index (χ3v) is 3.48. The van der Waals surface area contributed by atoms with Crippen molar-refractivity contribution in [2.75, 3.05) is 12.4 Å². The lowest BCUT2D eigenvalue weighted by Gasteiger charge is -2.14. The quantitative estimate of drug-likeness (QED) is 0.573. The Morgan fingerprint density at radius 3 is 2.75 bits per heavy atom. The van der Waals surface area contributed by atoms with Gasteiger partial charge >= 0.3 is 0 Å². The summed E-state index contributed by atoms with van der Waals surface area (Å²) in [7, 11) is 0. The normalized spacial score (nSPS) is 17.4. The Labute approximate surface area is 99.9 Å². The molecule has 0 saturated heterocycles. The van der Waals surface area contributed by atoms with Crippen LogP contribution in [0.1, 0.15) is 18.4 Å². The van der Waals surface area contributed by atoms with Crippen LogP contribution in [-0.4, -0.2) is 39.5 Å². The Bertz CT molecular complexity index is 327. The third kappa shape index (κ3) is 3.73. The van der Waals surface area contributed by atoms with Gasteiger partial charge in [-0.25, -0.2) is 9.97 Å². The van der Waals surface area contributed by atoms with Crippen molar-refractivity contribution < 1.29 is 5.11 Å². The molecule has 0 radical (unpaired) electrons. The number of aliphatic hydroxyl groups is 1. The number of aromatic nitrogens is 2. The van der Waals surface area contributed by atoms with Crippen LogP contribution in [0.15, 0.2) is 17.6 Å². The second-order valence-electron chi connectivity index (χ2n) is 4.17. The average Bonchev–Trinajstić information content (AvgIpc) is 3.10. The van der Waals surface area contributed by atoms with Gasteiger partial charge in [0.05, 0.1) is 6.61 Å². The highest BCUT2D eigenvalue weighted by Crippen LogP contribution is 2.21. The molecule has 0 bridgehead atoms. The first-order valence-electron chi connectivity index (χ1n) is 5.56. The average molecular weight is 239 g/mol. The van der Waals surface area contributed by atoms with Crippen LogP contribution < -0.4 is 5.32 Å². The van der Waals surface area contributed by atoms with Crippen LogP contribution in [0.2, 0.25) is 0 Å². The van der Waals surface area contributed by atoms with Gasteiger partial charge in [-0.05, 0) is 25.3 Å². The van der Waals surface area contributed by atoms with Crippen LogP contribution in [0, 0.1) is 6.92 Å². The van der Waals surface area contributed by atoms with E-state index in [1.165, 1.54) is 12.8 Å². The first-order valence-corrected chi connectivity index (χ1v) is 6.55. The lowest BCUT2D eigenvalue weighted by Crippen LogP contribution is -2.36. The zero-order valence-corrected chi connectivity index (χ0v) is 10.2. The number of rotatable bonds is 6. The van der Waals surface area contributed by atoms with E-state index in [9.17, 15) is 5.11 Å². The molecular weight excluding hydrogens is 222 g/mol. The molecule has 0 aliphatic heterocycles.